The zero-order chi connectivity index (χ0) is 14.5. The molecule has 0 saturated carbocycles. The molecule has 1 unspecified atom stereocenters. The van der Waals surface area contributed by atoms with Crippen molar-refractivity contribution in [1.82, 2.24) is 15.2 Å². The molecule has 1 aromatic carbocycles. The lowest BCUT2D eigenvalue weighted by atomic mass is 9.77. The molecule has 1 atom stereocenters. The SMILES string of the molecule is CCC(Oc1cccc(B(O)O)c1C=O)c1ncn[nH]1. The van der Waals surface area contributed by atoms with Crippen molar-refractivity contribution in [3.63, 3.8) is 0 Å². The number of ether oxygens (including phenoxy) is 1. The van der Waals surface area contributed by atoms with E-state index in [0.29, 0.717) is 18.5 Å². The molecular formula is C12H14BN3O4. The third-order valence-electron chi connectivity index (χ3n) is 2.87. The largest absolute Gasteiger partial charge is 0.489 e. The van der Waals surface area contributed by atoms with Gasteiger partial charge in [-0.15, -0.1) is 0 Å². The quantitative estimate of drug-likeness (QED) is 0.499. The lowest BCUT2D eigenvalue weighted by molar-refractivity contribution is 0.111. The van der Waals surface area contributed by atoms with Gasteiger partial charge >= 0.3 is 7.12 Å². The van der Waals surface area contributed by atoms with E-state index in [2.05, 4.69) is 15.2 Å². The van der Waals surface area contributed by atoms with Gasteiger partial charge in [-0.2, -0.15) is 5.10 Å². The maximum atomic E-state index is 11.2. The number of aromatic nitrogens is 3. The number of aldehydes is 1. The van der Waals surface area contributed by atoms with Crippen LogP contribution in [0.2, 0.25) is 0 Å². The summed E-state index contributed by atoms with van der Waals surface area (Å²) in [7, 11) is -1.73. The first-order valence-electron chi connectivity index (χ1n) is 6.13. The van der Waals surface area contributed by atoms with Crippen molar-refractivity contribution in [3.8, 4) is 5.75 Å². The average Bonchev–Trinajstić information content (AvgIpc) is 2.98. The van der Waals surface area contributed by atoms with Gasteiger partial charge in [-0.05, 0) is 17.9 Å². The Morgan fingerprint density at radius 3 is 2.85 bits per heavy atom. The van der Waals surface area contributed by atoms with E-state index in [9.17, 15) is 14.8 Å². The van der Waals surface area contributed by atoms with Gasteiger partial charge in [0.15, 0.2) is 18.2 Å². The van der Waals surface area contributed by atoms with Crippen LogP contribution in [0.4, 0.5) is 0 Å². The molecule has 20 heavy (non-hydrogen) atoms. The van der Waals surface area contributed by atoms with Crippen LogP contribution < -0.4 is 10.2 Å². The summed E-state index contributed by atoms with van der Waals surface area (Å²) in [4.78, 5) is 15.2. The summed E-state index contributed by atoms with van der Waals surface area (Å²) in [6, 6.07) is 4.63. The maximum absolute atomic E-state index is 11.2. The molecule has 8 heteroatoms. The van der Waals surface area contributed by atoms with Crippen molar-refractivity contribution >= 4 is 18.9 Å². The smallest absolute Gasteiger partial charge is 0.482 e. The maximum Gasteiger partial charge on any atom is 0.489 e. The van der Waals surface area contributed by atoms with Crippen LogP contribution in [0.3, 0.4) is 0 Å². The van der Waals surface area contributed by atoms with Gasteiger partial charge in [0.25, 0.3) is 0 Å². The van der Waals surface area contributed by atoms with Crippen LogP contribution in [0.15, 0.2) is 24.5 Å². The van der Waals surface area contributed by atoms with Gasteiger partial charge in [-0.1, -0.05) is 19.1 Å². The molecule has 1 heterocycles. The summed E-state index contributed by atoms with van der Waals surface area (Å²) >= 11 is 0. The molecule has 1 aromatic heterocycles. The molecule has 3 N–H and O–H groups in total. The number of rotatable bonds is 6. The highest BCUT2D eigenvalue weighted by Crippen LogP contribution is 2.24. The Morgan fingerprint density at radius 2 is 2.30 bits per heavy atom. The van der Waals surface area contributed by atoms with Gasteiger partial charge in [0, 0.05) is 0 Å². The predicted octanol–water partition coefficient (Wildman–Crippen LogP) is -0.173. The van der Waals surface area contributed by atoms with E-state index >= 15 is 0 Å². The standard InChI is InChI=1S/C12H14BN3O4/c1-2-10(12-14-7-15-16-12)20-11-5-3-4-9(13(18)19)8(11)6-17/h3-7,10,18-19H,2H2,1H3,(H,14,15,16). The van der Waals surface area contributed by atoms with Crippen LogP contribution >= 0.6 is 0 Å². The molecule has 0 amide bonds. The Bertz CT molecular complexity index is 574. The monoisotopic (exact) mass is 275 g/mol. The summed E-state index contributed by atoms with van der Waals surface area (Å²) in [5, 5.41) is 25.0. The molecule has 2 aromatic rings. The predicted molar refractivity (Wildman–Crippen MR) is 71.7 cm³/mol. The molecule has 104 valence electrons. The molecule has 0 radical (unpaired) electrons. The highest BCUT2D eigenvalue weighted by Gasteiger charge is 2.21. The Labute approximate surface area is 115 Å². The molecule has 0 saturated heterocycles. The van der Waals surface area contributed by atoms with Gasteiger partial charge in [0.05, 0.1) is 5.56 Å². The number of hydrogen-bond acceptors (Lipinski definition) is 6. The minimum absolute atomic E-state index is 0.102. The van der Waals surface area contributed by atoms with Crippen molar-refractivity contribution in [3.05, 3.63) is 35.9 Å². The van der Waals surface area contributed by atoms with Gasteiger partial charge in [-0.25, -0.2) is 4.98 Å². The lowest BCUT2D eigenvalue weighted by Gasteiger charge is -2.17. The third kappa shape index (κ3) is 2.86. The first kappa shape index (κ1) is 14.2. The van der Waals surface area contributed by atoms with E-state index < -0.39 is 13.2 Å². The number of H-pyrrole nitrogens is 1. The second kappa shape index (κ2) is 6.31. The molecular weight excluding hydrogens is 261 g/mol. The van der Waals surface area contributed by atoms with Crippen LogP contribution in [0.1, 0.15) is 35.6 Å². The summed E-state index contributed by atoms with van der Waals surface area (Å²) in [6.07, 6.45) is 2.12. The topological polar surface area (TPSA) is 108 Å². The summed E-state index contributed by atoms with van der Waals surface area (Å²) in [5.74, 6) is 0.813. The van der Waals surface area contributed by atoms with Crippen LogP contribution in [-0.2, 0) is 0 Å². The summed E-state index contributed by atoms with van der Waals surface area (Å²) in [6.45, 7) is 1.90. The first-order valence-corrected chi connectivity index (χ1v) is 6.13. The first-order chi connectivity index (χ1) is 9.67. The van der Waals surface area contributed by atoms with Crippen LogP contribution in [-0.4, -0.2) is 38.6 Å². The third-order valence-corrected chi connectivity index (χ3v) is 2.87. The number of carbonyl (C=O) groups is 1. The summed E-state index contributed by atoms with van der Waals surface area (Å²) in [5.41, 5.74) is 0.213. The molecule has 0 bridgehead atoms. The second-order valence-electron chi connectivity index (χ2n) is 4.14. The van der Waals surface area contributed by atoms with E-state index in [-0.39, 0.29) is 16.8 Å². The van der Waals surface area contributed by atoms with Crippen LogP contribution in [0, 0.1) is 0 Å². The Kier molecular flexibility index (Phi) is 4.49. The Morgan fingerprint density at radius 1 is 1.50 bits per heavy atom. The highest BCUT2D eigenvalue weighted by molar-refractivity contribution is 6.60. The van der Waals surface area contributed by atoms with E-state index in [0.717, 1.165) is 0 Å². The fraction of sp³-hybridized carbons (Fsp3) is 0.250. The number of carbonyl (C=O) groups excluding carboxylic acids is 1. The van der Waals surface area contributed by atoms with Crippen LogP contribution in [0.5, 0.6) is 5.75 Å². The normalized spacial score (nSPS) is 11.9. The molecule has 7 nitrogen and oxygen atoms in total. The zero-order valence-corrected chi connectivity index (χ0v) is 10.9. The Hall–Kier alpha value is -2.19. The van der Waals surface area contributed by atoms with Gasteiger partial charge in [0.2, 0.25) is 0 Å². The van der Waals surface area contributed by atoms with Crippen molar-refractivity contribution < 1.29 is 19.6 Å². The average molecular weight is 275 g/mol. The van der Waals surface area contributed by atoms with Crippen molar-refractivity contribution in [1.29, 1.82) is 0 Å². The molecule has 0 aliphatic carbocycles. The van der Waals surface area contributed by atoms with Gasteiger partial charge in [0.1, 0.15) is 12.1 Å². The molecule has 0 spiro atoms. The van der Waals surface area contributed by atoms with E-state index in [1.165, 1.54) is 12.4 Å². The van der Waals surface area contributed by atoms with Crippen LogP contribution in [0.25, 0.3) is 0 Å². The van der Waals surface area contributed by atoms with E-state index in [1.54, 1.807) is 12.1 Å². The van der Waals surface area contributed by atoms with Crippen molar-refractivity contribution in [2.75, 3.05) is 0 Å². The summed E-state index contributed by atoms with van der Waals surface area (Å²) < 4.78 is 5.73. The zero-order valence-electron chi connectivity index (χ0n) is 10.9. The van der Waals surface area contributed by atoms with Crippen molar-refractivity contribution in [2.45, 2.75) is 19.4 Å². The number of benzene rings is 1. The highest BCUT2D eigenvalue weighted by atomic mass is 16.5. The van der Waals surface area contributed by atoms with E-state index in [4.69, 9.17) is 4.74 Å². The molecule has 0 fully saturated rings. The van der Waals surface area contributed by atoms with Gasteiger partial charge < -0.3 is 14.8 Å². The molecule has 0 aliphatic heterocycles. The fourth-order valence-corrected chi connectivity index (χ4v) is 1.87. The van der Waals surface area contributed by atoms with E-state index in [1.807, 2.05) is 6.92 Å². The second-order valence-corrected chi connectivity index (χ2v) is 4.14. The number of nitrogens with zero attached hydrogens (tertiary/aromatic N) is 2. The van der Waals surface area contributed by atoms with Gasteiger partial charge in [-0.3, -0.25) is 9.89 Å². The number of hydrogen-bond donors (Lipinski definition) is 3. The lowest BCUT2D eigenvalue weighted by Crippen LogP contribution is -2.33. The molecule has 0 aliphatic rings. The number of nitrogens with one attached hydrogen (secondary N) is 1. The fourth-order valence-electron chi connectivity index (χ4n) is 1.87. The molecule has 2 rings (SSSR count). The van der Waals surface area contributed by atoms with Crippen molar-refractivity contribution in [2.24, 2.45) is 0 Å². The number of aromatic amines is 1. The minimum atomic E-state index is -1.73. The minimum Gasteiger partial charge on any atom is -0.482 e. The Balaban J connectivity index is 2.33.